The van der Waals surface area contributed by atoms with Gasteiger partial charge in [-0.25, -0.2) is 14.5 Å². The molecule has 3 rings (SSSR count). The first kappa shape index (κ1) is 16.1. The van der Waals surface area contributed by atoms with Crippen molar-refractivity contribution in [3.05, 3.63) is 39.1 Å². The zero-order valence-electron chi connectivity index (χ0n) is 13.7. The van der Waals surface area contributed by atoms with Gasteiger partial charge in [0.1, 0.15) is 5.69 Å². The van der Waals surface area contributed by atoms with Gasteiger partial charge in [0.15, 0.2) is 11.2 Å². The molecular formula is C14H19N7O3. The fourth-order valence-corrected chi connectivity index (χ4v) is 2.54. The molecule has 10 heteroatoms. The SMILES string of the molecule is CCC(O)Cn1cc(Cn2cnc3c2c(=O)n(C)c(=O)n3C)nn1. The topological polar surface area (TPSA) is 113 Å². The van der Waals surface area contributed by atoms with E-state index in [2.05, 4.69) is 15.3 Å². The highest BCUT2D eigenvalue weighted by atomic mass is 16.3. The predicted molar refractivity (Wildman–Crippen MR) is 85.6 cm³/mol. The Labute approximate surface area is 136 Å². The number of rotatable bonds is 5. The maximum Gasteiger partial charge on any atom is 0.332 e. The van der Waals surface area contributed by atoms with Crippen molar-refractivity contribution in [2.24, 2.45) is 14.1 Å². The van der Waals surface area contributed by atoms with Crippen molar-refractivity contribution in [1.82, 2.24) is 33.7 Å². The van der Waals surface area contributed by atoms with E-state index in [4.69, 9.17) is 0 Å². The first-order valence-electron chi connectivity index (χ1n) is 7.60. The van der Waals surface area contributed by atoms with Crippen LogP contribution in [0, 0.1) is 0 Å². The molecule has 3 aromatic rings. The van der Waals surface area contributed by atoms with Crippen LogP contribution in [0.15, 0.2) is 22.1 Å². The molecule has 0 aliphatic heterocycles. The summed E-state index contributed by atoms with van der Waals surface area (Å²) in [5.41, 5.74) is 0.477. The minimum absolute atomic E-state index is 0.298. The monoisotopic (exact) mass is 333 g/mol. The van der Waals surface area contributed by atoms with Crippen LogP contribution in [-0.4, -0.2) is 44.9 Å². The van der Waals surface area contributed by atoms with Gasteiger partial charge in [0, 0.05) is 14.1 Å². The van der Waals surface area contributed by atoms with Crippen molar-refractivity contribution < 1.29 is 5.11 Å². The van der Waals surface area contributed by atoms with Gasteiger partial charge < -0.3 is 9.67 Å². The van der Waals surface area contributed by atoms with E-state index in [0.29, 0.717) is 36.4 Å². The summed E-state index contributed by atoms with van der Waals surface area (Å²) in [5.74, 6) is 0. The van der Waals surface area contributed by atoms with Crippen LogP contribution < -0.4 is 11.2 Å². The molecule has 3 aromatic heterocycles. The van der Waals surface area contributed by atoms with Crippen LogP contribution in [0.4, 0.5) is 0 Å². The van der Waals surface area contributed by atoms with E-state index in [1.807, 2.05) is 6.92 Å². The average Bonchev–Trinajstić information content (AvgIpc) is 3.18. The molecule has 0 aromatic carbocycles. The number of aryl methyl sites for hydroxylation is 1. The maximum atomic E-state index is 12.4. The summed E-state index contributed by atoms with van der Waals surface area (Å²) in [5, 5.41) is 17.7. The molecular weight excluding hydrogens is 314 g/mol. The molecule has 24 heavy (non-hydrogen) atoms. The number of hydrogen-bond acceptors (Lipinski definition) is 6. The van der Waals surface area contributed by atoms with Gasteiger partial charge >= 0.3 is 5.69 Å². The van der Waals surface area contributed by atoms with E-state index in [9.17, 15) is 14.7 Å². The van der Waals surface area contributed by atoms with Crippen molar-refractivity contribution in [2.45, 2.75) is 32.5 Å². The third-order valence-corrected chi connectivity index (χ3v) is 4.00. The molecule has 0 bridgehead atoms. The Bertz CT molecular complexity index is 994. The molecule has 1 N–H and O–H groups in total. The Morgan fingerprint density at radius 2 is 2.00 bits per heavy atom. The second-order valence-corrected chi connectivity index (χ2v) is 5.74. The molecule has 0 radical (unpaired) electrons. The number of nitrogens with zero attached hydrogens (tertiary/aromatic N) is 7. The molecule has 10 nitrogen and oxygen atoms in total. The number of fused-ring (bicyclic) bond motifs is 1. The first-order chi connectivity index (χ1) is 11.4. The van der Waals surface area contributed by atoms with E-state index in [1.165, 1.54) is 17.9 Å². The Morgan fingerprint density at radius 3 is 2.71 bits per heavy atom. The second kappa shape index (κ2) is 6.04. The Kier molecular flexibility index (Phi) is 4.06. The summed E-state index contributed by atoms with van der Waals surface area (Å²) >= 11 is 0. The molecule has 0 aliphatic carbocycles. The van der Waals surface area contributed by atoms with Crippen LogP contribution in [0.2, 0.25) is 0 Å². The summed E-state index contributed by atoms with van der Waals surface area (Å²) in [7, 11) is 3.01. The van der Waals surface area contributed by atoms with Crippen molar-refractivity contribution in [3.63, 3.8) is 0 Å². The van der Waals surface area contributed by atoms with Crippen molar-refractivity contribution in [2.75, 3.05) is 0 Å². The van der Waals surface area contributed by atoms with Crippen LogP contribution in [-0.2, 0) is 27.2 Å². The highest BCUT2D eigenvalue weighted by Gasteiger charge is 2.15. The van der Waals surface area contributed by atoms with Crippen LogP contribution in [0.1, 0.15) is 19.0 Å². The highest BCUT2D eigenvalue weighted by molar-refractivity contribution is 5.70. The van der Waals surface area contributed by atoms with Gasteiger partial charge in [-0.2, -0.15) is 0 Å². The average molecular weight is 333 g/mol. The number of aliphatic hydroxyl groups excluding tert-OH is 1. The maximum absolute atomic E-state index is 12.4. The molecule has 3 heterocycles. The predicted octanol–water partition coefficient (Wildman–Crippen LogP) is -1.16. The van der Waals surface area contributed by atoms with Gasteiger partial charge in [0.05, 0.1) is 31.7 Å². The number of aromatic nitrogens is 7. The quantitative estimate of drug-likeness (QED) is 0.630. The summed E-state index contributed by atoms with van der Waals surface area (Å²) in [6, 6.07) is 0. The van der Waals surface area contributed by atoms with Gasteiger partial charge in [0.25, 0.3) is 5.56 Å². The molecule has 1 unspecified atom stereocenters. The summed E-state index contributed by atoms with van der Waals surface area (Å²) in [6.07, 6.45) is 3.38. The summed E-state index contributed by atoms with van der Waals surface area (Å²) < 4.78 is 5.59. The minimum atomic E-state index is -0.476. The lowest BCUT2D eigenvalue weighted by molar-refractivity contribution is 0.144. The molecule has 0 aliphatic rings. The zero-order valence-corrected chi connectivity index (χ0v) is 13.7. The van der Waals surface area contributed by atoms with E-state index < -0.39 is 17.4 Å². The molecule has 0 fully saturated rings. The fraction of sp³-hybridized carbons (Fsp3) is 0.500. The molecule has 0 saturated heterocycles. The summed E-state index contributed by atoms with van der Waals surface area (Å²) in [4.78, 5) is 28.5. The van der Waals surface area contributed by atoms with Crippen molar-refractivity contribution in [1.29, 1.82) is 0 Å². The van der Waals surface area contributed by atoms with Crippen LogP contribution in [0.25, 0.3) is 11.2 Å². The van der Waals surface area contributed by atoms with E-state index >= 15 is 0 Å². The Balaban J connectivity index is 1.97. The standard InChI is InChI=1S/C14H19N7O3/c1-4-10(22)7-21-6-9(16-17-21)5-20-8-15-12-11(20)13(23)19(3)14(24)18(12)2/h6,8,10,22H,4-5,7H2,1-3H3. The molecule has 0 amide bonds. The van der Waals surface area contributed by atoms with Gasteiger partial charge in [-0.1, -0.05) is 12.1 Å². The minimum Gasteiger partial charge on any atom is -0.391 e. The Morgan fingerprint density at radius 1 is 1.25 bits per heavy atom. The van der Waals surface area contributed by atoms with Gasteiger partial charge in [-0.15, -0.1) is 5.10 Å². The number of imidazole rings is 1. The summed E-state index contributed by atoms with van der Waals surface area (Å²) in [6.45, 7) is 2.55. The lowest BCUT2D eigenvalue weighted by atomic mass is 10.3. The van der Waals surface area contributed by atoms with E-state index in [-0.39, 0.29) is 0 Å². The van der Waals surface area contributed by atoms with E-state index in [1.54, 1.807) is 22.5 Å². The first-order valence-corrected chi connectivity index (χ1v) is 7.60. The molecule has 1 atom stereocenters. The third-order valence-electron chi connectivity index (χ3n) is 4.00. The lowest BCUT2D eigenvalue weighted by Gasteiger charge is -2.06. The smallest absolute Gasteiger partial charge is 0.332 e. The van der Waals surface area contributed by atoms with Crippen molar-refractivity contribution in [3.8, 4) is 0 Å². The second-order valence-electron chi connectivity index (χ2n) is 5.74. The number of hydrogen-bond donors (Lipinski definition) is 1. The molecule has 0 saturated carbocycles. The van der Waals surface area contributed by atoms with Crippen LogP contribution >= 0.6 is 0 Å². The molecule has 128 valence electrons. The van der Waals surface area contributed by atoms with Gasteiger partial charge in [-0.05, 0) is 6.42 Å². The molecule has 0 spiro atoms. The lowest BCUT2D eigenvalue weighted by Crippen LogP contribution is -2.37. The Hall–Kier alpha value is -2.75. The zero-order chi connectivity index (χ0) is 17.4. The van der Waals surface area contributed by atoms with Gasteiger partial charge in [-0.3, -0.25) is 13.9 Å². The third kappa shape index (κ3) is 2.64. The van der Waals surface area contributed by atoms with Crippen molar-refractivity contribution >= 4 is 11.2 Å². The normalized spacial score (nSPS) is 12.8. The largest absolute Gasteiger partial charge is 0.391 e. The highest BCUT2D eigenvalue weighted by Crippen LogP contribution is 2.08. The fourth-order valence-electron chi connectivity index (χ4n) is 2.54. The van der Waals surface area contributed by atoms with Crippen LogP contribution in [0.5, 0.6) is 0 Å². The van der Waals surface area contributed by atoms with E-state index in [0.717, 1.165) is 4.57 Å². The van der Waals surface area contributed by atoms with Gasteiger partial charge in [0.2, 0.25) is 0 Å². The number of aliphatic hydroxyl groups is 1. The van der Waals surface area contributed by atoms with Crippen LogP contribution in [0.3, 0.4) is 0 Å².